The van der Waals surface area contributed by atoms with Gasteiger partial charge in [-0.05, 0) is 6.42 Å². The van der Waals surface area contributed by atoms with Crippen molar-refractivity contribution in [2.75, 3.05) is 0 Å². The molecular weight excluding hydrogens is 200 g/mol. The lowest BCUT2D eigenvalue weighted by molar-refractivity contribution is 0.461. The van der Waals surface area contributed by atoms with Gasteiger partial charge in [-0.2, -0.15) is 5.26 Å². The standard InChI is InChI=1S/C12H20N4/c1-5-6-7-8-16-11(12(2,3)4)10(9-13)14-15-16/h5-8H2,1-4H3. The van der Waals surface area contributed by atoms with E-state index in [4.69, 9.17) is 5.26 Å². The first-order valence-electron chi connectivity index (χ1n) is 5.84. The van der Waals surface area contributed by atoms with Crippen LogP contribution >= 0.6 is 0 Å². The molecule has 0 atom stereocenters. The number of aromatic nitrogens is 3. The molecule has 0 aliphatic carbocycles. The molecule has 1 heterocycles. The van der Waals surface area contributed by atoms with Gasteiger partial charge in [0.25, 0.3) is 0 Å². The molecule has 0 radical (unpaired) electrons. The molecule has 1 aromatic rings. The Morgan fingerprint density at radius 1 is 1.31 bits per heavy atom. The number of hydrogen-bond donors (Lipinski definition) is 0. The number of rotatable bonds is 4. The highest BCUT2D eigenvalue weighted by molar-refractivity contribution is 5.29. The third kappa shape index (κ3) is 2.82. The number of nitrogens with zero attached hydrogens (tertiary/aromatic N) is 4. The van der Waals surface area contributed by atoms with Gasteiger partial charge < -0.3 is 0 Å². The van der Waals surface area contributed by atoms with Crippen molar-refractivity contribution in [3.63, 3.8) is 0 Å². The molecule has 0 amide bonds. The lowest BCUT2D eigenvalue weighted by Crippen LogP contribution is -2.20. The van der Waals surface area contributed by atoms with Gasteiger partial charge in [-0.3, -0.25) is 0 Å². The Bertz CT molecular complexity index is 379. The summed E-state index contributed by atoms with van der Waals surface area (Å²) in [5.74, 6) is 0. The molecule has 0 aliphatic heterocycles. The predicted octanol–water partition coefficient (Wildman–Crippen LogP) is 2.64. The highest BCUT2D eigenvalue weighted by atomic mass is 15.4. The van der Waals surface area contributed by atoms with E-state index < -0.39 is 0 Å². The van der Waals surface area contributed by atoms with Gasteiger partial charge in [-0.25, -0.2) is 4.68 Å². The lowest BCUT2D eigenvalue weighted by atomic mass is 9.90. The number of nitriles is 1. The first-order chi connectivity index (χ1) is 7.50. The maximum Gasteiger partial charge on any atom is 0.186 e. The SMILES string of the molecule is CCCCCn1nnc(C#N)c1C(C)(C)C. The van der Waals surface area contributed by atoms with Crippen molar-refractivity contribution in [1.29, 1.82) is 5.26 Å². The first kappa shape index (κ1) is 12.7. The molecule has 0 N–H and O–H groups in total. The molecular formula is C12H20N4. The molecule has 0 aromatic carbocycles. The van der Waals surface area contributed by atoms with Gasteiger partial charge in [0.15, 0.2) is 5.69 Å². The summed E-state index contributed by atoms with van der Waals surface area (Å²) in [5, 5.41) is 17.0. The minimum absolute atomic E-state index is 0.0826. The number of hydrogen-bond acceptors (Lipinski definition) is 3. The van der Waals surface area contributed by atoms with Crippen LogP contribution in [0.1, 0.15) is 58.3 Å². The van der Waals surface area contributed by atoms with E-state index in [1.54, 1.807) is 0 Å². The van der Waals surface area contributed by atoms with Crippen LogP contribution in [-0.4, -0.2) is 15.0 Å². The topological polar surface area (TPSA) is 54.5 Å². The van der Waals surface area contributed by atoms with Gasteiger partial charge in [-0.15, -0.1) is 5.10 Å². The maximum absolute atomic E-state index is 9.00. The highest BCUT2D eigenvalue weighted by Gasteiger charge is 2.24. The monoisotopic (exact) mass is 220 g/mol. The van der Waals surface area contributed by atoms with Crippen LogP contribution in [0.3, 0.4) is 0 Å². The molecule has 1 rings (SSSR count). The Morgan fingerprint density at radius 2 is 2.00 bits per heavy atom. The zero-order valence-electron chi connectivity index (χ0n) is 10.6. The maximum atomic E-state index is 9.00. The van der Waals surface area contributed by atoms with E-state index >= 15 is 0 Å². The van der Waals surface area contributed by atoms with Crippen LogP contribution in [0.25, 0.3) is 0 Å². The second kappa shape index (κ2) is 5.11. The van der Waals surface area contributed by atoms with Crippen molar-refractivity contribution in [3.8, 4) is 6.07 Å². The summed E-state index contributed by atoms with van der Waals surface area (Å²) < 4.78 is 1.88. The van der Waals surface area contributed by atoms with Crippen LogP contribution in [0, 0.1) is 11.3 Å². The third-order valence-corrected chi connectivity index (χ3v) is 2.52. The molecule has 0 bridgehead atoms. The Labute approximate surface area is 97.3 Å². The smallest absolute Gasteiger partial charge is 0.186 e. The summed E-state index contributed by atoms with van der Waals surface area (Å²) in [7, 11) is 0. The van der Waals surface area contributed by atoms with Crippen molar-refractivity contribution in [1.82, 2.24) is 15.0 Å². The van der Waals surface area contributed by atoms with Crippen LogP contribution in [0.15, 0.2) is 0 Å². The molecule has 0 fully saturated rings. The lowest BCUT2D eigenvalue weighted by Gasteiger charge is -2.19. The Morgan fingerprint density at radius 3 is 2.50 bits per heavy atom. The van der Waals surface area contributed by atoms with E-state index in [-0.39, 0.29) is 5.41 Å². The van der Waals surface area contributed by atoms with Gasteiger partial charge in [0.1, 0.15) is 6.07 Å². The van der Waals surface area contributed by atoms with E-state index in [1.807, 2.05) is 4.68 Å². The Kier molecular flexibility index (Phi) is 4.05. The quantitative estimate of drug-likeness (QED) is 0.733. The molecule has 4 heteroatoms. The molecule has 1 aromatic heterocycles. The summed E-state index contributed by atoms with van der Waals surface area (Å²) in [6.45, 7) is 9.29. The second-order valence-corrected chi connectivity index (χ2v) is 5.08. The minimum Gasteiger partial charge on any atom is -0.247 e. The summed E-state index contributed by atoms with van der Waals surface area (Å²) in [4.78, 5) is 0. The first-order valence-corrected chi connectivity index (χ1v) is 5.84. The zero-order chi connectivity index (χ0) is 12.2. The Hall–Kier alpha value is -1.37. The summed E-state index contributed by atoms with van der Waals surface area (Å²) >= 11 is 0. The Balaban J connectivity index is 2.93. The molecule has 0 saturated heterocycles. The molecule has 0 spiro atoms. The van der Waals surface area contributed by atoms with Gasteiger partial charge in [0, 0.05) is 12.0 Å². The molecule has 0 aliphatic rings. The molecule has 88 valence electrons. The van der Waals surface area contributed by atoms with Crippen molar-refractivity contribution in [3.05, 3.63) is 11.4 Å². The van der Waals surface area contributed by atoms with Crippen LogP contribution < -0.4 is 0 Å². The summed E-state index contributed by atoms with van der Waals surface area (Å²) in [6, 6.07) is 2.12. The molecule has 4 nitrogen and oxygen atoms in total. The fraction of sp³-hybridized carbons (Fsp3) is 0.750. The van der Waals surface area contributed by atoms with Crippen LogP contribution in [0.5, 0.6) is 0 Å². The summed E-state index contributed by atoms with van der Waals surface area (Å²) in [6.07, 6.45) is 3.46. The van der Waals surface area contributed by atoms with Gasteiger partial charge in [-0.1, -0.05) is 45.7 Å². The number of aryl methyl sites for hydroxylation is 1. The molecule has 0 unspecified atom stereocenters. The second-order valence-electron chi connectivity index (χ2n) is 5.08. The minimum atomic E-state index is -0.0826. The van der Waals surface area contributed by atoms with Crippen LogP contribution in [-0.2, 0) is 12.0 Å². The fourth-order valence-corrected chi connectivity index (χ4v) is 1.80. The predicted molar refractivity (Wildman–Crippen MR) is 63.0 cm³/mol. The van der Waals surface area contributed by atoms with Crippen molar-refractivity contribution < 1.29 is 0 Å². The van der Waals surface area contributed by atoms with E-state index in [0.717, 1.165) is 18.7 Å². The van der Waals surface area contributed by atoms with Crippen molar-refractivity contribution in [2.24, 2.45) is 0 Å². The van der Waals surface area contributed by atoms with E-state index in [1.165, 1.54) is 12.8 Å². The summed E-state index contributed by atoms with van der Waals surface area (Å²) in [5.41, 5.74) is 1.33. The fourth-order valence-electron chi connectivity index (χ4n) is 1.80. The van der Waals surface area contributed by atoms with E-state index in [2.05, 4.69) is 44.1 Å². The average Bonchev–Trinajstić information content (AvgIpc) is 2.61. The van der Waals surface area contributed by atoms with E-state index in [9.17, 15) is 0 Å². The van der Waals surface area contributed by atoms with Gasteiger partial charge in [0.2, 0.25) is 0 Å². The van der Waals surface area contributed by atoms with Gasteiger partial charge in [0.05, 0.1) is 5.69 Å². The van der Waals surface area contributed by atoms with Crippen molar-refractivity contribution >= 4 is 0 Å². The van der Waals surface area contributed by atoms with E-state index in [0.29, 0.717) is 5.69 Å². The van der Waals surface area contributed by atoms with Gasteiger partial charge >= 0.3 is 0 Å². The normalized spacial score (nSPS) is 11.4. The van der Waals surface area contributed by atoms with Crippen LogP contribution in [0.2, 0.25) is 0 Å². The number of unbranched alkanes of at least 4 members (excludes halogenated alkanes) is 2. The third-order valence-electron chi connectivity index (χ3n) is 2.52. The van der Waals surface area contributed by atoms with Crippen LogP contribution in [0.4, 0.5) is 0 Å². The highest BCUT2D eigenvalue weighted by Crippen LogP contribution is 2.24. The molecule has 0 saturated carbocycles. The zero-order valence-corrected chi connectivity index (χ0v) is 10.6. The largest absolute Gasteiger partial charge is 0.247 e. The average molecular weight is 220 g/mol. The van der Waals surface area contributed by atoms with Crippen molar-refractivity contribution in [2.45, 2.75) is 58.9 Å². The molecule has 16 heavy (non-hydrogen) atoms.